The van der Waals surface area contributed by atoms with Crippen LogP contribution >= 0.6 is 11.8 Å². The average molecular weight is 251 g/mol. The van der Waals surface area contributed by atoms with Crippen molar-refractivity contribution in [3.05, 3.63) is 30.4 Å². The molecule has 0 fully saturated rings. The van der Waals surface area contributed by atoms with Crippen LogP contribution in [-0.2, 0) is 10.5 Å². The summed E-state index contributed by atoms with van der Waals surface area (Å²) in [5.74, 6) is 0.899. The minimum absolute atomic E-state index is 0.324. The van der Waals surface area contributed by atoms with Gasteiger partial charge in [0, 0.05) is 30.1 Å². The number of hydrogen-bond donors (Lipinski definition) is 1. The van der Waals surface area contributed by atoms with Crippen LogP contribution in [0.25, 0.3) is 5.78 Å². The van der Waals surface area contributed by atoms with Crippen LogP contribution in [0.15, 0.2) is 24.7 Å². The van der Waals surface area contributed by atoms with Gasteiger partial charge in [-0.2, -0.15) is 11.8 Å². The summed E-state index contributed by atoms with van der Waals surface area (Å²) in [6.45, 7) is 1.71. The molecule has 0 aliphatic carbocycles. The lowest BCUT2D eigenvalue weighted by Crippen LogP contribution is -2.11. The lowest BCUT2D eigenvalue weighted by molar-refractivity contribution is -0.140. The first kappa shape index (κ1) is 11.9. The highest BCUT2D eigenvalue weighted by molar-refractivity contribution is 7.98. The third-order valence-electron chi connectivity index (χ3n) is 2.32. The number of imidazole rings is 1. The van der Waals surface area contributed by atoms with Crippen molar-refractivity contribution in [1.29, 1.82) is 0 Å². The van der Waals surface area contributed by atoms with Crippen LogP contribution in [0.4, 0.5) is 0 Å². The second kappa shape index (κ2) is 5.18. The Morgan fingerprint density at radius 2 is 2.47 bits per heavy atom. The fourth-order valence-corrected chi connectivity index (χ4v) is 2.32. The van der Waals surface area contributed by atoms with Crippen LogP contribution in [0.1, 0.15) is 12.6 Å². The van der Waals surface area contributed by atoms with E-state index in [-0.39, 0.29) is 5.92 Å². The van der Waals surface area contributed by atoms with Crippen LogP contribution in [0.3, 0.4) is 0 Å². The topological polar surface area (TPSA) is 67.5 Å². The minimum atomic E-state index is -0.755. The first-order valence-corrected chi connectivity index (χ1v) is 6.41. The number of fused-ring (bicyclic) bond motifs is 1. The number of hydrogen-bond acceptors (Lipinski definition) is 4. The summed E-state index contributed by atoms with van der Waals surface area (Å²) < 4.78 is 1.86. The van der Waals surface area contributed by atoms with E-state index >= 15 is 0 Å². The van der Waals surface area contributed by atoms with Crippen molar-refractivity contribution in [2.75, 3.05) is 5.75 Å². The summed E-state index contributed by atoms with van der Waals surface area (Å²) >= 11 is 1.57. The van der Waals surface area contributed by atoms with Gasteiger partial charge in [-0.3, -0.25) is 9.20 Å². The van der Waals surface area contributed by atoms with Crippen molar-refractivity contribution < 1.29 is 9.90 Å². The zero-order valence-electron chi connectivity index (χ0n) is 9.41. The van der Waals surface area contributed by atoms with E-state index in [1.165, 1.54) is 0 Å². The molecular formula is C11H13N3O2S. The van der Waals surface area contributed by atoms with Gasteiger partial charge in [-0.15, -0.1) is 0 Å². The fraction of sp³-hybridized carbons (Fsp3) is 0.364. The van der Waals surface area contributed by atoms with Crippen LogP contribution < -0.4 is 0 Å². The minimum Gasteiger partial charge on any atom is -0.481 e. The van der Waals surface area contributed by atoms with E-state index in [9.17, 15) is 4.79 Å². The largest absolute Gasteiger partial charge is 0.481 e. The van der Waals surface area contributed by atoms with Gasteiger partial charge in [0.05, 0.1) is 11.6 Å². The Morgan fingerprint density at radius 3 is 3.18 bits per heavy atom. The number of aromatic nitrogens is 3. The molecule has 2 rings (SSSR count). The Bertz CT molecular complexity index is 493. The molecule has 6 heteroatoms. The first-order chi connectivity index (χ1) is 8.16. The van der Waals surface area contributed by atoms with Gasteiger partial charge in [-0.05, 0) is 6.07 Å². The first-order valence-electron chi connectivity index (χ1n) is 5.26. The summed E-state index contributed by atoms with van der Waals surface area (Å²) in [7, 11) is 0. The number of aliphatic carboxylic acids is 1. The zero-order chi connectivity index (χ0) is 12.3. The third-order valence-corrected chi connectivity index (χ3v) is 3.56. The lowest BCUT2D eigenvalue weighted by Gasteiger charge is -2.03. The van der Waals surface area contributed by atoms with Gasteiger partial charge in [-0.25, -0.2) is 9.97 Å². The van der Waals surface area contributed by atoms with Gasteiger partial charge in [0.1, 0.15) is 0 Å². The summed E-state index contributed by atoms with van der Waals surface area (Å²) in [6, 6.07) is 1.85. The Labute approximate surface area is 103 Å². The van der Waals surface area contributed by atoms with Crippen molar-refractivity contribution in [2.24, 2.45) is 5.92 Å². The standard InChI is InChI=1S/C11H13N3O2S/c1-8(10(15)16)6-17-7-9-5-14-4-2-3-12-11(14)13-9/h2-5,8H,6-7H2,1H3,(H,15,16). The quantitative estimate of drug-likeness (QED) is 0.875. The van der Waals surface area contributed by atoms with Crippen LogP contribution in [-0.4, -0.2) is 31.2 Å². The number of rotatable bonds is 5. The molecule has 0 saturated heterocycles. The van der Waals surface area contributed by atoms with Crippen molar-refractivity contribution in [3.8, 4) is 0 Å². The molecular weight excluding hydrogens is 238 g/mol. The van der Waals surface area contributed by atoms with Crippen molar-refractivity contribution in [1.82, 2.24) is 14.4 Å². The zero-order valence-corrected chi connectivity index (χ0v) is 10.2. The molecule has 2 aromatic rings. The second-order valence-corrected chi connectivity index (χ2v) is 4.84. The van der Waals surface area contributed by atoms with Gasteiger partial charge in [0.25, 0.3) is 0 Å². The molecule has 0 saturated carbocycles. The molecule has 0 aromatic carbocycles. The van der Waals surface area contributed by atoms with E-state index < -0.39 is 5.97 Å². The molecule has 0 aliphatic heterocycles. The molecule has 17 heavy (non-hydrogen) atoms. The summed E-state index contributed by atoms with van der Waals surface area (Å²) in [5.41, 5.74) is 0.922. The molecule has 0 bridgehead atoms. The molecule has 0 radical (unpaired) electrons. The number of nitrogens with zero attached hydrogens (tertiary/aromatic N) is 3. The van der Waals surface area contributed by atoms with Gasteiger partial charge in [0.15, 0.2) is 0 Å². The van der Waals surface area contributed by atoms with Gasteiger partial charge < -0.3 is 5.11 Å². The smallest absolute Gasteiger partial charge is 0.307 e. The highest BCUT2D eigenvalue weighted by Gasteiger charge is 2.11. The molecule has 0 spiro atoms. The van der Waals surface area contributed by atoms with E-state index in [0.29, 0.717) is 17.3 Å². The molecule has 5 nitrogen and oxygen atoms in total. The normalized spacial score (nSPS) is 12.8. The maximum absolute atomic E-state index is 10.6. The van der Waals surface area contributed by atoms with Gasteiger partial charge in [-0.1, -0.05) is 6.92 Å². The predicted molar refractivity (Wildman–Crippen MR) is 65.9 cm³/mol. The molecule has 0 aliphatic rings. The number of thioether (sulfide) groups is 1. The molecule has 1 N–H and O–H groups in total. The van der Waals surface area contributed by atoms with E-state index in [2.05, 4.69) is 9.97 Å². The van der Waals surface area contributed by atoms with Crippen molar-refractivity contribution in [3.63, 3.8) is 0 Å². The van der Waals surface area contributed by atoms with Crippen LogP contribution in [0, 0.1) is 5.92 Å². The Kier molecular flexibility index (Phi) is 3.63. The lowest BCUT2D eigenvalue weighted by atomic mass is 10.2. The number of carboxylic acids is 1. The fourth-order valence-electron chi connectivity index (χ4n) is 1.36. The van der Waals surface area contributed by atoms with Crippen molar-refractivity contribution >= 4 is 23.5 Å². The Balaban J connectivity index is 1.93. The summed E-state index contributed by atoms with van der Waals surface area (Å²) in [6.07, 6.45) is 5.51. The molecule has 1 atom stereocenters. The van der Waals surface area contributed by atoms with Gasteiger partial charge >= 0.3 is 5.97 Å². The molecule has 0 amide bonds. The third kappa shape index (κ3) is 2.97. The molecule has 90 valence electrons. The SMILES string of the molecule is CC(CSCc1cn2cccnc2n1)C(=O)O. The molecule has 2 heterocycles. The van der Waals surface area contributed by atoms with E-state index in [1.54, 1.807) is 24.9 Å². The average Bonchev–Trinajstić information content (AvgIpc) is 2.71. The maximum Gasteiger partial charge on any atom is 0.307 e. The maximum atomic E-state index is 10.6. The highest BCUT2D eigenvalue weighted by atomic mass is 32.2. The van der Waals surface area contributed by atoms with Crippen LogP contribution in [0.2, 0.25) is 0 Å². The summed E-state index contributed by atoms with van der Waals surface area (Å²) in [5, 5.41) is 8.75. The Morgan fingerprint density at radius 1 is 1.65 bits per heavy atom. The predicted octanol–water partition coefficient (Wildman–Crippen LogP) is 1.68. The number of carboxylic acid groups (broad SMARTS) is 1. The Hall–Kier alpha value is -1.56. The van der Waals surface area contributed by atoms with E-state index in [4.69, 9.17) is 5.11 Å². The molecule has 1 unspecified atom stereocenters. The van der Waals surface area contributed by atoms with E-state index in [0.717, 1.165) is 5.69 Å². The van der Waals surface area contributed by atoms with Gasteiger partial charge in [0.2, 0.25) is 5.78 Å². The number of carbonyl (C=O) groups is 1. The molecule has 2 aromatic heterocycles. The van der Waals surface area contributed by atoms with Crippen molar-refractivity contribution in [2.45, 2.75) is 12.7 Å². The highest BCUT2D eigenvalue weighted by Crippen LogP contribution is 2.15. The van der Waals surface area contributed by atoms with E-state index in [1.807, 2.05) is 22.9 Å². The summed E-state index contributed by atoms with van der Waals surface area (Å²) in [4.78, 5) is 19.1. The monoisotopic (exact) mass is 251 g/mol. The second-order valence-electron chi connectivity index (χ2n) is 3.81. The van der Waals surface area contributed by atoms with Crippen LogP contribution in [0.5, 0.6) is 0 Å².